The molecule has 0 N–H and O–H groups in total. The molecule has 4 rings (SSSR count). The highest BCUT2D eigenvalue weighted by atomic mass is 32.1. The third kappa shape index (κ3) is 3.25. The van der Waals surface area contributed by atoms with Gasteiger partial charge in [-0.2, -0.15) is 0 Å². The number of nitrogens with zero attached hydrogens (tertiary/aromatic N) is 4. The average molecular weight is 359 g/mol. The summed E-state index contributed by atoms with van der Waals surface area (Å²) in [5, 5.41) is 2.15. The zero-order chi connectivity index (χ0) is 17.4. The maximum absolute atomic E-state index is 13.2. The van der Waals surface area contributed by atoms with Crippen LogP contribution in [0, 0.1) is 6.92 Å². The summed E-state index contributed by atoms with van der Waals surface area (Å²) >= 11 is 1.80. The average Bonchev–Trinajstić information content (AvgIpc) is 3.21. The van der Waals surface area contributed by atoms with Gasteiger partial charge in [-0.05, 0) is 43.2 Å². The molecule has 0 unspecified atom stereocenters. The third-order valence-corrected chi connectivity index (χ3v) is 6.52. The molecular weight excluding hydrogens is 332 g/mol. The van der Waals surface area contributed by atoms with Gasteiger partial charge in [0.2, 0.25) is 5.91 Å². The fourth-order valence-electron chi connectivity index (χ4n) is 4.10. The molecule has 6 heteroatoms. The zero-order valence-electron chi connectivity index (χ0n) is 15.1. The van der Waals surface area contributed by atoms with Crippen LogP contribution in [0.5, 0.6) is 0 Å². The minimum Gasteiger partial charge on any atom is -0.342 e. The molecule has 1 atom stereocenters. The minimum atomic E-state index is -0.0883. The Hall–Kier alpha value is -1.66. The molecular formula is C19H26N4OS. The van der Waals surface area contributed by atoms with Crippen molar-refractivity contribution in [1.29, 1.82) is 0 Å². The van der Waals surface area contributed by atoms with E-state index in [1.807, 2.05) is 13.4 Å². The highest BCUT2D eigenvalue weighted by molar-refractivity contribution is 7.10. The lowest BCUT2D eigenvalue weighted by atomic mass is 9.95. The standard InChI is InChI=1S/C19H26N4OS/c1-14-6-9-25-17(14)12-22-10-15(18-16(11-22)20-13-21(18)2)19(24)23-7-4-3-5-8-23/h6,9,13,15H,3-5,7-8,10-12H2,1-2H3/t15-/m0/s1. The number of aromatic nitrogens is 2. The molecule has 1 saturated heterocycles. The SMILES string of the molecule is Cc1ccsc1CN1Cc2ncn(C)c2[C@@H](C(=O)N2CCCCC2)C1. The van der Waals surface area contributed by atoms with Crippen LogP contribution >= 0.6 is 11.3 Å². The number of carbonyl (C=O) groups excluding carboxylic acids is 1. The molecule has 2 aromatic heterocycles. The zero-order valence-corrected chi connectivity index (χ0v) is 15.9. The monoisotopic (exact) mass is 358 g/mol. The molecule has 2 aliphatic heterocycles. The molecule has 0 spiro atoms. The Morgan fingerprint density at radius 1 is 1.32 bits per heavy atom. The van der Waals surface area contributed by atoms with E-state index in [4.69, 9.17) is 0 Å². The van der Waals surface area contributed by atoms with E-state index in [0.717, 1.165) is 57.0 Å². The fraction of sp³-hybridized carbons (Fsp3) is 0.579. The molecule has 0 aliphatic carbocycles. The number of piperidine rings is 1. The van der Waals surface area contributed by atoms with E-state index in [-0.39, 0.29) is 11.8 Å². The van der Waals surface area contributed by atoms with Crippen molar-refractivity contribution < 1.29 is 4.79 Å². The number of rotatable bonds is 3. The summed E-state index contributed by atoms with van der Waals surface area (Å²) in [5.74, 6) is 0.201. The Morgan fingerprint density at radius 2 is 2.12 bits per heavy atom. The van der Waals surface area contributed by atoms with Gasteiger partial charge in [0.15, 0.2) is 0 Å². The second-order valence-electron chi connectivity index (χ2n) is 7.32. The van der Waals surface area contributed by atoms with Gasteiger partial charge in [0.1, 0.15) is 0 Å². The van der Waals surface area contributed by atoms with Crippen molar-refractivity contribution in [2.75, 3.05) is 19.6 Å². The highest BCUT2D eigenvalue weighted by Gasteiger charge is 2.36. The molecule has 1 amide bonds. The Morgan fingerprint density at radius 3 is 2.84 bits per heavy atom. The van der Waals surface area contributed by atoms with E-state index in [1.165, 1.54) is 16.9 Å². The largest absolute Gasteiger partial charge is 0.342 e. The molecule has 2 aromatic rings. The quantitative estimate of drug-likeness (QED) is 0.847. The maximum atomic E-state index is 13.2. The molecule has 134 valence electrons. The van der Waals surface area contributed by atoms with E-state index in [2.05, 4.69) is 37.7 Å². The van der Waals surface area contributed by atoms with Crippen LogP contribution in [-0.4, -0.2) is 44.9 Å². The number of carbonyl (C=O) groups is 1. The molecule has 0 aromatic carbocycles. The van der Waals surface area contributed by atoms with Crippen molar-refractivity contribution in [3.63, 3.8) is 0 Å². The summed E-state index contributed by atoms with van der Waals surface area (Å²) in [5.41, 5.74) is 3.53. The molecule has 25 heavy (non-hydrogen) atoms. The van der Waals surface area contributed by atoms with E-state index in [0.29, 0.717) is 0 Å². The Kier molecular flexibility index (Phi) is 4.65. The van der Waals surface area contributed by atoms with Crippen LogP contribution in [0.4, 0.5) is 0 Å². The number of imidazole rings is 1. The second kappa shape index (κ2) is 6.92. The van der Waals surface area contributed by atoms with Gasteiger partial charge in [-0.25, -0.2) is 4.98 Å². The molecule has 0 bridgehead atoms. The lowest BCUT2D eigenvalue weighted by molar-refractivity contribution is -0.134. The molecule has 0 radical (unpaired) electrons. The molecule has 5 nitrogen and oxygen atoms in total. The molecule has 4 heterocycles. The number of fused-ring (bicyclic) bond motifs is 1. The Bertz CT molecular complexity index is 759. The smallest absolute Gasteiger partial charge is 0.233 e. The molecule has 2 aliphatic rings. The van der Waals surface area contributed by atoms with Crippen LogP contribution in [0.1, 0.15) is 47.0 Å². The van der Waals surface area contributed by atoms with Crippen molar-refractivity contribution in [3.8, 4) is 0 Å². The van der Waals surface area contributed by atoms with Crippen LogP contribution < -0.4 is 0 Å². The van der Waals surface area contributed by atoms with Crippen molar-refractivity contribution >= 4 is 17.2 Å². The van der Waals surface area contributed by atoms with Crippen LogP contribution in [-0.2, 0) is 24.9 Å². The van der Waals surface area contributed by atoms with E-state index in [1.54, 1.807) is 11.3 Å². The molecule has 0 saturated carbocycles. The van der Waals surface area contributed by atoms with E-state index < -0.39 is 0 Å². The minimum absolute atomic E-state index is 0.0883. The van der Waals surface area contributed by atoms with Crippen molar-refractivity contribution in [2.24, 2.45) is 7.05 Å². The predicted octanol–water partition coefficient (Wildman–Crippen LogP) is 2.90. The van der Waals surface area contributed by atoms with Gasteiger partial charge >= 0.3 is 0 Å². The third-order valence-electron chi connectivity index (χ3n) is 5.51. The van der Waals surface area contributed by atoms with E-state index >= 15 is 0 Å². The summed E-state index contributed by atoms with van der Waals surface area (Å²) in [6, 6.07) is 2.17. The number of amides is 1. The van der Waals surface area contributed by atoms with Gasteiger partial charge in [0.05, 0.1) is 23.6 Å². The van der Waals surface area contributed by atoms with Crippen LogP contribution in [0.3, 0.4) is 0 Å². The normalized spacial score (nSPS) is 21.4. The number of aryl methyl sites for hydroxylation is 2. The van der Waals surface area contributed by atoms with Gasteiger partial charge in [0.25, 0.3) is 0 Å². The van der Waals surface area contributed by atoms with Crippen molar-refractivity contribution in [2.45, 2.75) is 45.2 Å². The van der Waals surface area contributed by atoms with Crippen LogP contribution in [0.2, 0.25) is 0 Å². The first-order chi connectivity index (χ1) is 12.1. The summed E-state index contributed by atoms with van der Waals surface area (Å²) in [6.07, 6.45) is 5.37. The fourth-order valence-corrected chi connectivity index (χ4v) is 5.04. The van der Waals surface area contributed by atoms with Gasteiger partial charge in [0, 0.05) is 44.6 Å². The molecule has 1 fully saturated rings. The number of hydrogen-bond donors (Lipinski definition) is 0. The Balaban J connectivity index is 1.59. The van der Waals surface area contributed by atoms with Gasteiger partial charge in [-0.3, -0.25) is 9.69 Å². The summed E-state index contributed by atoms with van der Waals surface area (Å²) in [6.45, 7) is 6.51. The topological polar surface area (TPSA) is 41.4 Å². The first-order valence-corrected chi connectivity index (χ1v) is 10.1. The lowest BCUT2D eigenvalue weighted by Crippen LogP contribution is -2.45. The number of thiophene rings is 1. The first-order valence-electron chi connectivity index (χ1n) is 9.17. The summed E-state index contributed by atoms with van der Waals surface area (Å²) in [7, 11) is 2.02. The van der Waals surface area contributed by atoms with Crippen molar-refractivity contribution in [1.82, 2.24) is 19.4 Å². The summed E-state index contributed by atoms with van der Waals surface area (Å²) < 4.78 is 2.05. The van der Waals surface area contributed by atoms with Crippen LogP contribution in [0.15, 0.2) is 17.8 Å². The highest BCUT2D eigenvalue weighted by Crippen LogP contribution is 2.31. The maximum Gasteiger partial charge on any atom is 0.233 e. The summed E-state index contributed by atoms with van der Waals surface area (Å²) in [4.78, 5) is 23.7. The number of likely N-dealkylation sites (tertiary alicyclic amines) is 1. The van der Waals surface area contributed by atoms with E-state index in [9.17, 15) is 4.79 Å². The number of hydrogen-bond acceptors (Lipinski definition) is 4. The second-order valence-corrected chi connectivity index (χ2v) is 8.32. The Labute approximate surface area is 153 Å². The van der Waals surface area contributed by atoms with Gasteiger partial charge in [-0.15, -0.1) is 11.3 Å². The van der Waals surface area contributed by atoms with Gasteiger partial charge < -0.3 is 9.47 Å². The van der Waals surface area contributed by atoms with Crippen LogP contribution in [0.25, 0.3) is 0 Å². The lowest BCUT2D eigenvalue weighted by Gasteiger charge is -2.36. The first kappa shape index (κ1) is 16.8. The van der Waals surface area contributed by atoms with Gasteiger partial charge in [-0.1, -0.05) is 0 Å². The van der Waals surface area contributed by atoms with Crippen molar-refractivity contribution in [3.05, 3.63) is 39.6 Å². The predicted molar refractivity (Wildman–Crippen MR) is 99.6 cm³/mol.